The fourth-order valence-electron chi connectivity index (χ4n) is 3.53. The van der Waals surface area contributed by atoms with Crippen molar-refractivity contribution >= 4 is 23.1 Å². The summed E-state index contributed by atoms with van der Waals surface area (Å²) in [6, 6.07) is 22.5. The van der Waals surface area contributed by atoms with E-state index < -0.39 is 0 Å². The maximum atomic E-state index is 12.2. The molecular weight excluding hydrogens is 322 g/mol. The van der Waals surface area contributed by atoms with Gasteiger partial charge in [0, 0.05) is 11.7 Å². The van der Waals surface area contributed by atoms with Gasteiger partial charge in [-0.05, 0) is 42.7 Å². The predicted molar refractivity (Wildman–Crippen MR) is 105 cm³/mol. The van der Waals surface area contributed by atoms with Crippen LogP contribution in [-0.4, -0.2) is 16.9 Å². The minimum Gasteiger partial charge on any atom is -0.337 e. The van der Waals surface area contributed by atoms with Crippen molar-refractivity contribution in [1.82, 2.24) is 4.98 Å². The Morgan fingerprint density at radius 3 is 2.62 bits per heavy atom. The number of nitrogens with zero attached hydrogens (tertiary/aromatic N) is 2. The number of hydrogen-bond donors (Lipinski definition) is 1. The molecule has 1 unspecified atom stereocenters. The number of aromatic nitrogens is 1. The van der Waals surface area contributed by atoms with E-state index >= 15 is 0 Å². The van der Waals surface area contributed by atoms with Crippen molar-refractivity contribution in [2.24, 2.45) is 0 Å². The minimum atomic E-state index is -0.0589. The Morgan fingerprint density at radius 1 is 1.08 bits per heavy atom. The number of nitrogens with one attached hydrogen (secondary N) is 1. The van der Waals surface area contributed by atoms with Crippen molar-refractivity contribution < 1.29 is 4.79 Å². The molecule has 1 aliphatic heterocycles. The van der Waals surface area contributed by atoms with Crippen molar-refractivity contribution in [2.45, 2.75) is 25.8 Å². The molecule has 0 bridgehead atoms. The molecule has 2 heterocycles. The third-order valence-corrected chi connectivity index (χ3v) is 4.71. The molecule has 1 amide bonds. The Kier molecular flexibility index (Phi) is 4.40. The first-order chi connectivity index (χ1) is 12.7. The molecule has 0 spiro atoms. The van der Waals surface area contributed by atoms with Crippen LogP contribution >= 0.6 is 0 Å². The summed E-state index contributed by atoms with van der Waals surface area (Å²) in [6.07, 6.45) is 3.21. The van der Waals surface area contributed by atoms with E-state index in [-0.39, 0.29) is 5.91 Å². The maximum absolute atomic E-state index is 12.2. The monoisotopic (exact) mass is 343 g/mol. The van der Waals surface area contributed by atoms with Gasteiger partial charge >= 0.3 is 0 Å². The van der Waals surface area contributed by atoms with Crippen LogP contribution in [0.3, 0.4) is 0 Å². The Morgan fingerprint density at radius 2 is 1.85 bits per heavy atom. The van der Waals surface area contributed by atoms with Crippen LogP contribution in [0.25, 0.3) is 0 Å². The first-order valence-electron chi connectivity index (χ1n) is 8.87. The number of fused-ring (bicyclic) bond motifs is 1. The van der Waals surface area contributed by atoms with Gasteiger partial charge < -0.3 is 10.2 Å². The smallest absolute Gasteiger partial charge is 0.229 e. The Hall–Kier alpha value is -3.14. The summed E-state index contributed by atoms with van der Waals surface area (Å²) in [5.41, 5.74) is 4.63. The summed E-state index contributed by atoms with van der Waals surface area (Å²) in [7, 11) is 0. The number of para-hydroxylation sites is 1. The lowest BCUT2D eigenvalue weighted by Gasteiger charge is -2.24. The summed E-state index contributed by atoms with van der Waals surface area (Å²) < 4.78 is 0. The number of amides is 1. The molecule has 0 saturated carbocycles. The SMILES string of the molecule is CC1Cc2ccccc2N1c1ccc(NC(=O)Cc2ccccc2)nc1. The van der Waals surface area contributed by atoms with Crippen molar-refractivity contribution in [3.8, 4) is 0 Å². The topological polar surface area (TPSA) is 45.2 Å². The normalized spacial score (nSPS) is 15.6. The first kappa shape index (κ1) is 16.3. The largest absolute Gasteiger partial charge is 0.337 e. The average Bonchev–Trinajstić information content (AvgIpc) is 2.99. The molecule has 1 aromatic heterocycles. The highest BCUT2D eigenvalue weighted by Gasteiger charge is 2.26. The number of benzene rings is 2. The van der Waals surface area contributed by atoms with Gasteiger partial charge in [0.05, 0.1) is 18.3 Å². The van der Waals surface area contributed by atoms with Gasteiger partial charge in [0.1, 0.15) is 5.82 Å². The van der Waals surface area contributed by atoms with Crippen LogP contribution in [-0.2, 0) is 17.6 Å². The van der Waals surface area contributed by atoms with Crippen molar-refractivity contribution in [1.29, 1.82) is 0 Å². The molecule has 2 aromatic carbocycles. The van der Waals surface area contributed by atoms with Gasteiger partial charge in [0.25, 0.3) is 0 Å². The molecule has 4 heteroatoms. The van der Waals surface area contributed by atoms with E-state index in [1.165, 1.54) is 11.3 Å². The zero-order valence-electron chi connectivity index (χ0n) is 14.7. The van der Waals surface area contributed by atoms with E-state index in [1.54, 1.807) is 0 Å². The molecule has 0 saturated heterocycles. The Balaban J connectivity index is 1.46. The number of carbonyl (C=O) groups excluding carboxylic acids is 1. The third kappa shape index (κ3) is 3.31. The van der Waals surface area contributed by atoms with Gasteiger partial charge in [-0.2, -0.15) is 0 Å². The standard InChI is InChI=1S/C22H21N3O/c1-16-13-18-9-5-6-10-20(18)25(16)19-11-12-21(23-15-19)24-22(26)14-17-7-3-2-4-8-17/h2-12,15-16H,13-14H2,1H3,(H,23,24,26). The van der Waals surface area contributed by atoms with Gasteiger partial charge in [-0.1, -0.05) is 48.5 Å². The molecule has 4 nitrogen and oxygen atoms in total. The van der Waals surface area contributed by atoms with Crippen LogP contribution < -0.4 is 10.2 Å². The van der Waals surface area contributed by atoms with Crippen LogP contribution in [0.4, 0.5) is 17.2 Å². The van der Waals surface area contributed by atoms with Crippen molar-refractivity contribution in [3.63, 3.8) is 0 Å². The minimum absolute atomic E-state index is 0.0589. The quantitative estimate of drug-likeness (QED) is 0.766. The number of hydrogen-bond acceptors (Lipinski definition) is 3. The van der Waals surface area contributed by atoms with Gasteiger partial charge in [0.15, 0.2) is 0 Å². The number of pyridine rings is 1. The first-order valence-corrected chi connectivity index (χ1v) is 8.87. The van der Waals surface area contributed by atoms with Gasteiger partial charge in [-0.15, -0.1) is 0 Å². The molecule has 0 radical (unpaired) electrons. The van der Waals surface area contributed by atoms with Crippen LogP contribution in [0.15, 0.2) is 72.9 Å². The van der Waals surface area contributed by atoms with Gasteiger partial charge in [0.2, 0.25) is 5.91 Å². The van der Waals surface area contributed by atoms with E-state index in [0.717, 1.165) is 17.7 Å². The van der Waals surface area contributed by atoms with E-state index in [1.807, 2.05) is 48.7 Å². The van der Waals surface area contributed by atoms with E-state index in [0.29, 0.717) is 18.3 Å². The molecule has 3 aromatic rings. The molecule has 0 aliphatic carbocycles. The fourth-order valence-corrected chi connectivity index (χ4v) is 3.53. The second-order valence-corrected chi connectivity index (χ2v) is 6.66. The van der Waals surface area contributed by atoms with Gasteiger partial charge in [-0.25, -0.2) is 4.98 Å². The van der Waals surface area contributed by atoms with Crippen LogP contribution in [0.1, 0.15) is 18.1 Å². The Labute approximate surface area is 153 Å². The molecule has 4 rings (SSSR count). The second-order valence-electron chi connectivity index (χ2n) is 6.66. The maximum Gasteiger partial charge on any atom is 0.229 e. The molecule has 1 aliphatic rings. The lowest BCUT2D eigenvalue weighted by atomic mass is 10.1. The van der Waals surface area contributed by atoms with Crippen LogP contribution in [0, 0.1) is 0 Å². The summed E-state index contributed by atoms with van der Waals surface area (Å²) in [4.78, 5) is 18.9. The van der Waals surface area contributed by atoms with E-state index in [2.05, 4.69) is 46.4 Å². The van der Waals surface area contributed by atoms with Crippen molar-refractivity contribution in [3.05, 3.63) is 84.1 Å². The summed E-state index contributed by atoms with van der Waals surface area (Å²) in [5.74, 6) is 0.520. The summed E-state index contributed by atoms with van der Waals surface area (Å²) in [5, 5.41) is 2.87. The van der Waals surface area contributed by atoms with E-state index in [4.69, 9.17) is 0 Å². The molecule has 1 atom stereocenters. The summed E-state index contributed by atoms with van der Waals surface area (Å²) in [6.45, 7) is 2.22. The van der Waals surface area contributed by atoms with Crippen molar-refractivity contribution in [2.75, 3.05) is 10.2 Å². The average molecular weight is 343 g/mol. The zero-order chi connectivity index (χ0) is 17.9. The molecule has 130 valence electrons. The third-order valence-electron chi connectivity index (χ3n) is 4.71. The zero-order valence-corrected chi connectivity index (χ0v) is 14.7. The fraction of sp³-hybridized carbons (Fsp3) is 0.182. The summed E-state index contributed by atoms with van der Waals surface area (Å²) >= 11 is 0. The molecular formula is C22H21N3O. The predicted octanol–water partition coefficient (Wildman–Crippen LogP) is 4.35. The number of anilines is 3. The van der Waals surface area contributed by atoms with E-state index in [9.17, 15) is 4.79 Å². The van der Waals surface area contributed by atoms with Crippen LogP contribution in [0.5, 0.6) is 0 Å². The lowest BCUT2D eigenvalue weighted by molar-refractivity contribution is -0.115. The van der Waals surface area contributed by atoms with Crippen LogP contribution in [0.2, 0.25) is 0 Å². The number of rotatable bonds is 4. The lowest BCUT2D eigenvalue weighted by Crippen LogP contribution is -2.24. The number of carbonyl (C=O) groups is 1. The highest BCUT2D eigenvalue weighted by Crippen LogP contribution is 2.37. The second kappa shape index (κ2) is 7.00. The van der Waals surface area contributed by atoms with Gasteiger partial charge in [-0.3, -0.25) is 4.79 Å². The molecule has 26 heavy (non-hydrogen) atoms. The highest BCUT2D eigenvalue weighted by molar-refractivity contribution is 5.91. The molecule has 1 N–H and O–H groups in total. The molecule has 0 fully saturated rings. The highest BCUT2D eigenvalue weighted by atomic mass is 16.1. The Bertz CT molecular complexity index is 906.